The normalized spacial score (nSPS) is 15.0. The van der Waals surface area contributed by atoms with Gasteiger partial charge in [0.25, 0.3) is 5.91 Å². The lowest BCUT2D eigenvalue weighted by Crippen LogP contribution is -2.36. The molecule has 0 saturated carbocycles. The second-order valence-electron chi connectivity index (χ2n) is 13.6. The monoisotopic (exact) mass is 717 g/mol. The molecule has 5 aromatic rings. The van der Waals surface area contributed by atoms with Gasteiger partial charge >= 0.3 is 0 Å². The van der Waals surface area contributed by atoms with Gasteiger partial charge in [-0.15, -0.1) is 0 Å². The van der Waals surface area contributed by atoms with Gasteiger partial charge < -0.3 is 30.1 Å². The Morgan fingerprint density at radius 2 is 1.74 bits per heavy atom. The Morgan fingerprint density at radius 3 is 2.53 bits per heavy atom. The highest BCUT2D eigenvalue weighted by atomic mass is 19.1. The summed E-state index contributed by atoms with van der Waals surface area (Å²) >= 11 is 0. The van der Waals surface area contributed by atoms with Crippen LogP contribution in [-0.4, -0.2) is 96.8 Å². The zero-order valence-corrected chi connectivity index (χ0v) is 30.1. The molecule has 3 aromatic carbocycles. The zero-order valence-electron chi connectivity index (χ0n) is 30.1. The van der Waals surface area contributed by atoms with E-state index in [9.17, 15) is 9.59 Å². The van der Waals surface area contributed by atoms with E-state index in [4.69, 9.17) is 14.7 Å². The Kier molecular flexibility index (Phi) is 11.0. The number of ether oxygens (including phenoxy) is 1. The average molecular weight is 718 g/mol. The highest BCUT2D eigenvalue weighted by molar-refractivity contribution is 6.14. The number of nitrogens with one attached hydrogen (secondary N) is 3. The van der Waals surface area contributed by atoms with Crippen molar-refractivity contribution in [3.8, 4) is 11.3 Å². The summed E-state index contributed by atoms with van der Waals surface area (Å²) in [5.74, 6) is -0.687. The average Bonchev–Trinajstić information content (AvgIpc) is 3.60. The van der Waals surface area contributed by atoms with Crippen LogP contribution in [-0.2, 0) is 16.0 Å². The van der Waals surface area contributed by atoms with Crippen LogP contribution in [0, 0.1) is 5.82 Å². The number of H-pyrrole nitrogens is 1. The first-order valence-electron chi connectivity index (χ1n) is 18.1. The number of anilines is 5. The summed E-state index contributed by atoms with van der Waals surface area (Å²) in [7, 11) is 3.89. The lowest BCUT2D eigenvalue weighted by Gasteiger charge is -2.29. The number of allylic oxidation sites excluding steroid dienone is 1. The van der Waals surface area contributed by atoms with Gasteiger partial charge in [-0.1, -0.05) is 30.3 Å². The molecule has 2 fully saturated rings. The van der Waals surface area contributed by atoms with Crippen molar-refractivity contribution in [2.45, 2.75) is 25.7 Å². The molecule has 0 unspecified atom stereocenters. The summed E-state index contributed by atoms with van der Waals surface area (Å²) < 4.78 is 20.6. The number of piperidine rings is 1. The van der Waals surface area contributed by atoms with Gasteiger partial charge in [0.2, 0.25) is 5.95 Å². The van der Waals surface area contributed by atoms with Crippen LogP contribution in [0.5, 0.6) is 0 Å². The number of carbonyl (C=O) groups is 2. The number of likely N-dealkylation sites (N-methyl/N-ethyl adjacent to an activating group) is 1. The molecule has 2 saturated heterocycles. The standard InChI is InChI=1S/C40H44FN9O3/c1-48(2)16-8-13-32(51)24-27-9-6-10-28(23-27)36-35-37(39(52)42-30-14-15-34(33(41)26-30)50-19-21-53-22-20-50)46-47-38(35)45-40(44-36)43-29-11-7-12-31(25-29)49-17-4-3-5-18-49/h6-15,23,25-26H,3-5,16-22,24H2,1-2H3,(H,42,52)(H2,43,44,45,46,47)/b13-8+. The number of morpholine rings is 1. The van der Waals surface area contributed by atoms with Crippen molar-refractivity contribution in [3.05, 3.63) is 96.0 Å². The Balaban J connectivity index is 1.21. The number of amides is 1. The first-order valence-corrected chi connectivity index (χ1v) is 18.1. The third-order valence-electron chi connectivity index (χ3n) is 9.37. The predicted molar refractivity (Wildman–Crippen MR) is 207 cm³/mol. The minimum absolute atomic E-state index is 0.0250. The minimum atomic E-state index is -0.525. The van der Waals surface area contributed by atoms with Crippen LogP contribution in [0.1, 0.15) is 35.3 Å². The molecule has 0 radical (unpaired) electrons. The van der Waals surface area contributed by atoms with Gasteiger partial charge in [0.05, 0.1) is 30.0 Å². The van der Waals surface area contributed by atoms with Crippen molar-refractivity contribution in [2.75, 3.05) is 80.5 Å². The largest absolute Gasteiger partial charge is 0.378 e. The van der Waals surface area contributed by atoms with Crippen LogP contribution in [0.3, 0.4) is 0 Å². The Hall–Kier alpha value is -5.66. The maximum Gasteiger partial charge on any atom is 0.274 e. The summed E-state index contributed by atoms with van der Waals surface area (Å²) in [6.07, 6.45) is 7.23. The fourth-order valence-corrected chi connectivity index (χ4v) is 6.74. The molecular weight excluding hydrogens is 673 g/mol. The number of hydrogen-bond donors (Lipinski definition) is 3. The van der Waals surface area contributed by atoms with Crippen molar-refractivity contribution in [2.24, 2.45) is 0 Å². The number of aromatic amines is 1. The van der Waals surface area contributed by atoms with Crippen LogP contribution < -0.4 is 20.4 Å². The first kappa shape index (κ1) is 35.7. The van der Waals surface area contributed by atoms with Crippen LogP contribution in [0.2, 0.25) is 0 Å². The molecule has 53 heavy (non-hydrogen) atoms. The van der Waals surface area contributed by atoms with Crippen molar-refractivity contribution in [3.63, 3.8) is 0 Å². The minimum Gasteiger partial charge on any atom is -0.378 e. The smallest absolute Gasteiger partial charge is 0.274 e. The molecule has 7 rings (SSSR count). The molecule has 2 aliphatic rings. The molecule has 3 N–H and O–H groups in total. The number of halogens is 1. The molecular formula is C40H44FN9O3. The van der Waals surface area contributed by atoms with Gasteiger partial charge in [-0.05, 0) is 87.5 Å². The second kappa shape index (κ2) is 16.3. The maximum absolute atomic E-state index is 15.2. The zero-order chi connectivity index (χ0) is 36.7. The molecule has 0 atom stereocenters. The number of aromatic nitrogens is 4. The third-order valence-corrected chi connectivity index (χ3v) is 9.37. The van der Waals surface area contributed by atoms with Gasteiger partial charge in [-0.2, -0.15) is 10.1 Å². The highest BCUT2D eigenvalue weighted by Gasteiger charge is 2.23. The molecule has 13 heteroatoms. The molecule has 1 amide bonds. The van der Waals surface area contributed by atoms with Crippen molar-refractivity contribution >= 4 is 51.4 Å². The summed E-state index contributed by atoms with van der Waals surface area (Å²) in [5, 5.41) is 13.9. The van der Waals surface area contributed by atoms with E-state index >= 15 is 4.39 Å². The highest BCUT2D eigenvalue weighted by Crippen LogP contribution is 2.32. The van der Waals surface area contributed by atoms with Crippen LogP contribution in [0.4, 0.5) is 33.1 Å². The van der Waals surface area contributed by atoms with E-state index < -0.39 is 11.7 Å². The maximum atomic E-state index is 15.2. The molecule has 2 aliphatic heterocycles. The number of fused-ring (bicyclic) bond motifs is 1. The van der Waals surface area contributed by atoms with Gasteiger partial charge in [-0.25, -0.2) is 9.37 Å². The van der Waals surface area contributed by atoms with Crippen molar-refractivity contribution in [1.29, 1.82) is 0 Å². The second-order valence-corrected chi connectivity index (χ2v) is 13.6. The van der Waals surface area contributed by atoms with E-state index in [-0.39, 0.29) is 23.5 Å². The number of hydrogen-bond acceptors (Lipinski definition) is 10. The Morgan fingerprint density at radius 1 is 0.925 bits per heavy atom. The third kappa shape index (κ3) is 8.70. The molecule has 0 bridgehead atoms. The summed E-state index contributed by atoms with van der Waals surface area (Å²) in [5.41, 5.74) is 5.03. The molecule has 274 valence electrons. The first-order chi connectivity index (χ1) is 25.8. The van der Waals surface area contributed by atoms with E-state index in [1.54, 1.807) is 18.2 Å². The van der Waals surface area contributed by atoms with E-state index in [0.29, 0.717) is 66.8 Å². The number of carbonyl (C=O) groups excluding carboxylic acids is 2. The topological polar surface area (TPSA) is 132 Å². The van der Waals surface area contributed by atoms with Crippen molar-refractivity contribution < 1.29 is 18.7 Å². The Labute approximate surface area is 308 Å². The molecule has 4 heterocycles. The number of nitrogens with zero attached hydrogens (tertiary/aromatic N) is 6. The lowest BCUT2D eigenvalue weighted by atomic mass is 10.0. The molecule has 2 aromatic heterocycles. The number of benzene rings is 3. The summed E-state index contributed by atoms with van der Waals surface area (Å²) in [6.45, 7) is 4.95. The number of rotatable bonds is 12. The molecule has 0 aliphatic carbocycles. The van der Waals surface area contributed by atoms with Crippen LogP contribution >= 0.6 is 0 Å². The lowest BCUT2D eigenvalue weighted by molar-refractivity contribution is -0.114. The fourth-order valence-electron chi connectivity index (χ4n) is 6.74. The fraction of sp³-hybridized carbons (Fsp3) is 0.325. The van der Waals surface area contributed by atoms with Gasteiger partial charge in [0, 0.05) is 61.8 Å². The van der Waals surface area contributed by atoms with E-state index in [1.807, 2.05) is 66.4 Å². The summed E-state index contributed by atoms with van der Waals surface area (Å²) in [6, 6.07) is 20.3. The van der Waals surface area contributed by atoms with Gasteiger partial charge in [0.1, 0.15) is 11.5 Å². The Bertz CT molecular complexity index is 2120. The molecule has 12 nitrogen and oxygen atoms in total. The predicted octanol–water partition coefficient (Wildman–Crippen LogP) is 6.21. The van der Waals surface area contributed by atoms with Gasteiger partial charge in [-0.3, -0.25) is 14.7 Å². The van der Waals surface area contributed by atoms with E-state index in [1.165, 1.54) is 25.3 Å². The summed E-state index contributed by atoms with van der Waals surface area (Å²) in [4.78, 5) is 42.6. The van der Waals surface area contributed by atoms with Crippen molar-refractivity contribution in [1.82, 2.24) is 25.1 Å². The van der Waals surface area contributed by atoms with Gasteiger partial charge in [0.15, 0.2) is 11.4 Å². The van der Waals surface area contributed by atoms with E-state index in [2.05, 4.69) is 37.9 Å². The SMILES string of the molecule is CN(C)C/C=C/C(=O)Cc1cccc(-c2nc(Nc3cccc(N4CCCCC4)c3)nc3n[nH]c(C(=O)Nc4ccc(N5CCOCC5)c(F)c4)c23)c1. The molecule has 0 spiro atoms. The number of ketones is 1. The van der Waals surface area contributed by atoms with Crippen LogP contribution in [0.25, 0.3) is 22.3 Å². The quantitative estimate of drug-likeness (QED) is 0.128. The van der Waals surface area contributed by atoms with Crippen LogP contribution in [0.15, 0.2) is 78.9 Å². The van der Waals surface area contributed by atoms with E-state index in [0.717, 1.165) is 30.0 Å².